The van der Waals surface area contributed by atoms with E-state index in [-0.39, 0.29) is 0 Å². The van der Waals surface area contributed by atoms with Crippen LogP contribution >= 0.6 is 23.6 Å². The van der Waals surface area contributed by atoms with Crippen molar-refractivity contribution in [3.05, 3.63) is 21.9 Å². The SMILES string of the molecule is Cn1nccc1CNc1n[nH]c(=S)s1. The van der Waals surface area contributed by atoms with Gasteiger partial charge >= 0.3 is 0 Å². The van der Waals surface area contributed by atoms with Crippen LogP contribution in [0.15, 0.2) is 12.3 Å². The van der Waals surface area contributed by atoms with Crippen LogP contribution in [0.3, 0.4) is 0 Å². The number of aromatic nitrogens is 4. The Labute approximate surface area is 89.8 Å². The van der Waals surface area contributed by atoms with Gasteiger partial charge in [-0.2, -0.15) is 5.10 Å². The Morgan fingerprint density at radius 2 is 2.57 bits per heavy atom. The third-order valence-electron chi connectivity index (χ3n) is 1.78. The van der Waals surface area contributed by atoms with Crippen molar-refractivity contribution < 1.29 is 0 Å². The summed E-state index contributed by atoms with van der Waals surface area (Å²) in [6.07, 6.45) is 1.77. The Kier molecular flexibility index (Phi) is 2.60. The molecule has 2 aromatic heterocycles. The van der Waals surface area contributed by atoms with Crippen LogP contribution in [-0.4, -0.2) is 20.0 Å². The summed E-state index contributed by atoms with van der Waals surface area (Å²) in [7, 11) is 1.91. The predicted octanol–water partition coefficient (Wildman–Crippen LogP) is 1.55. The number of nitrogens with one attached hydrogen (secondary N) is 2. The van der Waals surface area contributed by atoms with E-state index in [2.05, 4.69) is 20.6 Å². The van der Waals surface area contributed by atoms with E-state index in [1.165, 1.54) is 11.3 Å². The third-order valence-corrected chi connectivity index (χ3v) is 2.83. The van der Waals surface area contributed by atoms with Crippen molar-refractivity contribution in [1.82, 2.24) is 20.0 Å². The maximum atomic E-state index is 4.92. The number of nitrogens with zero attached hydrogens (tertiary/aromatic N) is 3. The Morgan fingerprint density at radius 3 is 3.14 bits per heavy atom. The smallest absolute Gasteiger partial charge is 0.204 e. The molecule has 5 nitrogen and oxygen atoms in total. The molecule has 74 valence electrons. The monoisotopic (exact) mass is 227 g/mol. The Bertz CT molecular complexity index is 468. The molecule has 0 aliphatic heterocycles. The minimum Gasteiger partial charge on any atom is -0.354 e. The van der Waals surface area contributed by atoms with E-state index >= 15 is 0 Å². The molecule has 0 spiro atoms. The van der Waals surface area contributed by atoms with Gasteiger partial charge in [-0.05, 0) is 18.3 Å². The molecule has 0 radical (unpaired) electrons. The molecule has 2 aromatic rings. The highest BCUT2D eigenvalue weighted by atomic mass is 32.1. The fourth-order valence-electron chi connectivity index (χ4n) is 1.05. The first kappa shape index (κ1) is 9.35. The number of anilines is 1. The molecule has 0 aliphatic rings. The lowest BCUT2D eigenvalue weighted by Crippen LogP contribution is -2.05. The number of aromatic amines is 1. The highest BCUT2D eigenvalue weighted by Gasteiger charge is 2.00. The Morgan fingerprint density at radius 1 is 1.71 bits per heavy atom. The van der Waals surface area contributed by atoms with E-state index in [1.807, 2.05) is 17.8 Å². The molecule has 2 N–H and O–H groups in total. The van der Waals surface area contributed by atoms with Crippen LogP contribution in [-0.2, 0) is 13.6 Å². The summed E-state index contributed by atoms with van der Waals surface area (Å²) < 4.78 is 2.50. The fraction of sp³-hybridized carbons (Fsp3) is 0.286. The van der Waals surface area contributed by atoms with Crippen LogP contribution in [0.25, 0.3) is 0 Å². The van der Waals surface area contributed by atoms with Gasteiger partial charge in [-0.3, -0.25) is 9.78 Å². The molecule has 0 aromatic carbocycles. The second kappa shape index (κ2) is 3.89. The lowest BCUT2D eigenvalue weighted by Gasteiger charge is -2.01. The van der Waals surface area contributed by atoms with Gasteiger partial charge in [0.1, 0.15) is 0 Å². The molecule has 0 bridgehead atoms. The van der Waals surface area contributed by atoms with E-state index in [1.54, 1.807) is 6.20 Å². The molecule has 0 fully saturated rings. The van der Waals surface area contributed by atoms with Crippen molar-refractivity contribution in [3.8, 4) is 0 Å². The van der Waals surface area contributed by atoms with Gasteiger partial charge in [0.25, 0.3) is 0 Å². The standard InChI is InChI=1S/C7H9N5S2/c1-12-5(2-3-9-12)4-8-6-10-11-7(13)14-6/h2-3H,4H2,1H3,(H,8,10)(H,11,13). The highest BCUT2D eigenvalue weighted by Crippen LogP contribution is 2.11. The Hall–Kier alpha value is -1.21. The molecule has 2 heterocycles. The van der Waals surface area contributed by atoms with Crippen molar-refractivity contribution in [2.45, 2.75) is 6.54 Å². The van der Waals surface area contributed by atoms with Crippen molar-refractivity contribution >= 4 is 28.7 Å². The first-order valence-electron chi connectivity index (χ1n) is 4.02. The molecule has 0 saturated heterocycles. The van der Waals surface area contributed by atoms with Crippen molar-refractivity contribution in [3.63, 3.8) is 0 Å². The summed E-state index contributed by atoms with van der Waals surface area (Å²) in [4.78, 5) is 0. The quantitative estimate of drug-likeness (QED) is 0.781. The number of hydrogen-bond acceptors (Lipinski definition) is 5. The topological polar surface area (TPSA) is 58.5 Å². The molecular formula is C7H9N5S2. The zero-order chi connectivity index (χ0) is 9.97. The zero-order valence-electron chi connectivity index (χ0n) is 7.52. The Balaban J connectivity index is 2.01. The molecule has 14 heavy (non-hydrogen) atoms. The number of rotatable bonds is 3. The van der Waals surface area contributed by atoms with Crippen molar-refractivity contribution in [2.75, 3.05) is 5.32 Å². The molecule has 0 amide bonds. The molecular weight excluding hydrogens is 218 g/mol. The van der Waals surface area contributed by atoms with Gasteiger partial charge in [0, 0.05) is 13.2 Å². The lowest BCUT2D eigenvalue weighted by atomic mass is 10.4. The molecule has 2 rings (SSSR count). The molecule has 0 saturated carbocycles. The summed E-state index contributed by atoms with van der Waals surface area (Å²) in [6.45, 7) is 0.701. The maximum absolute atomic E-state index is 4.92. The van der Waals surface area contributed by atoms with Crippen LogP contribution in [0.1, 0.15) is 5.69 Å². The van der Waals surface area contributed by atoms with Crippen LogP contribution in [0.2, 0.25) is 0 Å². The summed E-state index contributed by atoms with van der Waals surface area (Å²) in [5.41, 5.74) is 1.10. The summed E-state index contributed by atoms with van der Waals surface area (Å²) in [5, 5.41) is 14.7. The van der Waals surface area contributed by atoms with Crippen LogP contribution in [0.4, 0.5) is 5.13 Å². The van der Waals surface area contributed by atoms with Gasteiger partial charge in [-0.25, -0.2) is 0 Å². The van der Waals surface area contributed by atoms with Crippen LogP contribution in [0, 0.1) is 3.95 Å². The van der Waals surface area contributed by atoms with Gasteiger partial charge in [-0.1, -0.05) is 11.3 Å². The second-order valence-corrected chi connectivity index (χ2v) is 4.38. The number of aryl methyl sites for hydroxylation is 1. The van der Waals surface area contributed by atoms with Gasteiger partial charge in [0.05, 0.1) is 12.2 Å². The maximum Gasteiger partial charge on any atom is 0.204 e. The molecule has 0 unspecified atom stereocenters. The molecule has 0 atom stereocenters. The first-order chi connectivity index (χ1) is 6.75. The average Bonchev–Trinajstić information content (AvgIpc) is 2.72. The van der Waals surface area contributed by atoms with E-state index in [9.17, 15) is 0 Å². The normalized spacial score (nSPS) is 10.4. The average molecular weight is 227 g/mol. The first-order valence-corrected chi connectivity index (χ1v) is 5.24. The van der Waals surface area contributed by atoms with Crippen LogP contribution in [0.5, 0.6) is 0 Å². The van der Waals surface area contributed by atoms with Gasteiger partial charge in [-0.15, -0.1) is 5.10 Å². The molecule has 0 aliphatic carbocycles. The van der Waals surface area contributed by atoms with E-state index in [4.69, 9.17) is 12.2 Å². The highest BCUT2D eigenvalue weighted by molar-refractivity contribution is 7.73. The van der Waals surface area contributed by atoms with Gasteiger partial charge in [0.2, 0.25) is 5.13 Å². The van der Waals surface area contributed by atoms with E-state index < -0.39 is 0 Å². The number of H-pyrrole nitrogens is 1. The summed E-state index contributed by atoms with van der Waals surface area (Å²) in [5.74, 6) is 0. The lowest BCUT2D eigenvalue weighted by molar-refractivity contribution is 0.720. The minimum atomic E-state index is 0.678. The van der Waals surface area contributed by atoms with E-state index in [0.29, 0.717) is 10.5 Å². The number of hydrogen-bond donors (Lipinski definition) is 2. The predicted molar refractivity (Wildman–Crippen MR) is 57.8 cm³/mol. The minimum absolute atomic E-state index is 0.678. The zero-order valence-corrected chi connectivity index (χ0v) is 9.15. The summed E-state index contributed by atoms with van der Waals surface area (Å²) >= 11 is 6.34. The third kappa shape index (κ3) is 1.99. The molecule has 7 heteroatoms. The van der Waals surface area contributed by atoms with Crippen molar-refractivity contribution in [2.24, 2.45) is 7.05 Å². The van der Waals surface area contributed by atoms with Crippen molar-refractivity contribution in [1.29, 1.82) is 0 Å². The van der Waals surface area contributed by atoms with Gasteiger partial charge < -0.3 is 5.32 Å². The summed E-state index contributed by atoms with van der Waals surface area (Å²) in [6, 6.07) is 1.96. The largest absolute Gasteiger partial charge is 0.354 e. The van der Waals surface area contributed by atoms with Crippen LogP contribution < -0.4 is 5.32 Å². The second-order valence-electron chi connectivity index (χ2n) is 2.72. The van der Waals surface area contributed by atoms with E-state index in [0.717, 1.165) is 10.8 Å². The fourth-order valence-corrected chi connectivity index (χ4v) is 1.83. The van der Waals surface area contributed by atoms with Gasteiger partial charge in [0.15, 0.2) is 3.95 Å².